The minimum absolute atomic E-state index is 0.0403. The van der Waals surface area contributed by atoms with Crippen LogP contribution in [0.2, 0.25) is 19.6 Å². The fourth-order valence-electron chi connectivity index (χ4n) is 0.718. The van der Waals surface area contributed by atoms with E-state index < -0.39 is 14.3 Å². The van der Waals surface area contributed by atoms with E-state index in [1.807, 2.05) is 19.6 Å². The van der Waals surface area contributed by atoms with Gasteiger partial charge in [0.2, 0.25) is 14.0 Å². The third-order valence-electron chi connectivity index (χ3n) is 1.08. The van der Waals surface area contributed by atoms with Crippen LogP contribution < -0.4 is 0 Å². The average molecular weight is 217 g/mol. The fraction of sp³-hybridized carbons (Fsp3) is 0.500. The Labute approximate surface area is 84.1 Å². The van der Waals surface area contributed by atoms with Crippen LogP contribution in [-0.2, 0) is 14.1 Å². The first-order chi connectivity index (χ1) is 6.28. The van der Waals surface area contributed by atoms with Crippen molar-refractivity contribution < 1.29 is 19.2 Å². The molecule has 0 aliphatic heterocycles. The lowest BCUT2D eigenvalue weighted by molar-refractivity contribution is -0.129. The van der Waals surface area contributed by atoms with Crippen LogP contribution in [-0.4, -0.2) is 32.2 Å². The molecule has 0 saturated heterocycles. The summed E-state index contributed by atoms with van der Waals surface area (Å²) < 4.78 is 5.37. The van der Waals surface area contributed by atoms with Gasteiger partial charge < -0.3 is 14.4 Å². The summed E-state index contributed by atoms with van der Waals surface area (Å²) in [7, 11) is -0.589. The number of hydrogen-bond acceptors (Lipinski definition) is 4. The van der Waals surface area contributed by atoms with Gasteiger partial charge in [-0.1, -0.05) is 11.7 Å². The van der Waals surface area contributed by atoms with Gasteiger partial charge in [-0.15, -0.1) is 0 Å². The Morgan fingerprint density at radius 2 is 1.93 bits per heavy atom. The van der Waals surface area contributed by atoms with Crippen LogP contribution in [0.25, 0.3) is 0 Å². The van der Waals surface area contributed by atoms with Crippen LogP contribution in [0.3, 0.4) is 0 Å². The smallest absolute Gasteiger partial charge is 0.361 e. The standard InChI is InChI=1S/C8H15NO4Si/c1-6(13-14(3,4)5)7(8(10)11)9-12-2/h1H2,2-5H3,(H,10,11). The Hall–Kier alpha value is -1.30. The highest BCUT2D eigenvalue weighted by Gasteiger charge is 2.23. The molecule has 6 heteroatoms. The Balaban J connectivity index is 4.64. The van der Waals surface area contributed by atoms with Crippen LogP contribution >= 0.6 is 0 Å². The number of carboxylic acids is 1. The molecule has 0 aromatic rings. The normalized spacial score (nSPS) is 12.1. The van der Waals surface area contributed by atoms with Gasteiger partial charge in [0.1, 0.15) is 12.9 Å². The van der Waals surface area contributed by atoms with E-state index >= 15 is 0 Å². The first-order valence-electron chi connectivity index (χ1n) is 4.00. The SMILES string of the molecule is C=C(O[Si](C)(C)C)C(=NOC)C(=O)O. The molecule has 0 aromatic heterocycles. The number of aliphatic carboxylic acids is 1. The van der Waals surface area contributed by atoms with Gasteiger partial charge in [-0.05, 0) is 19.6 Å². The summed E-state index contributed by atoms with van der Waals surface area (Å²) in [5, 5.41) is 12.1. The predicted molar refractivity (Wildman–Crippen MR) is 55.7 cm³/mol. The van der Waals surface area contributed by atoms with E-state index in [0.29, 0.717) is 0 Å². The molecule has 0 spiro atoms. The number of oxime groups is 1. The molecule has 0 heterocycles. The number of nitrogens with zero attached hydrogens (tertiary/aromatic N) is 1. The maximum absolute atomic E-state index is 10.7. The van der Waals surface area contributed by atoms with Crippen molar-refractivity contribution in [3.63, 3.8) is 0 Å². The number of carboxylic acid groups (broad SMARTS) is 1. The molecule has 5 nitrogen and oxygen atoms in total. The molecule has 0 aromatic carbocycles. The molecular formula is C8H15NO4Si. The van der Waals surface area contributed by atoms with Crippen molar-refractivity contribution in [2.75, 3.05) is 7.11 Å². The molecule has 0 aliphatic rings. The highest BCUT2D eigenvalue weighted by atomic mass is 28.4. The van der Waals surface area contributed by atoms with Gasteiger partial charge in [0.05, 0.1) is 0 Å². The van der Waals surface area contributed by atoms with Crippen molar-refractivity contribution in [3.05, 3.63) is 12.3 Å². The monoisotopic (exact) mass is 217 g/mol. The molecular weight excluding hydrogens is 202 g/mol. The third kappa shape index (κ3) is 4.66. The van der Waals surface area contributed by atoms with E-state index in [1.165, 1.54) is 7.11 Å². The molecule has 0 atom stereocenters. The maximum Gasteiger partial charge on any atom is 0.361 e. The van der Waals surface area contributed by atoms with Crippen LogP contribution in [0.5, 0.6) is 0 Å². The molecule has 0 aliphatic carbocycles. The van der Waals surface area contributed by atoms with E-state index in [4.69, 9.17) is 9.53 Å². The molecule has 80 valence electrons. The molecule has 0 rings (SSSR count). The number of hydrogen-bond donors (Lipinski definition) is 1. The Kier molecular flexibility index (Phi) is 4.35. The molecule has 0 fully saturated rings. The zero-order chi connectivity index (χ0) is 11.4. The second-order valence-electron chi connectivity index (χ2n) is 3.57. The summed E-state index contributed by atoms with van der Waals surface area (Å²) in [4.78, 5) is 15.1. The summed E-state index contributed by atoms with van der Waals surface area (Å²) >= 11 is 0. The Morgan fingerprint density at radius 3 is 2.21 bits per heavy atom. The summed E-state index contributed by atoms with van der Waals surface area (Å²) in [6, 6.07) is 0. The van der Waals surface area contributed by atoms with Gasteiger partial charge in [0, 0.05) is 0 Å². The molecule has 0 bridgehead atoms. The second-order valence-corrected chi connectivity index (χ2v) is 7.99. The zero-order valence-electron chi connectivity index (χ0n) is 8.83. The maximum atomic E-state index is 10.7. The fourth-order valence-corrected chi connectivity index (χ4v) is 1.55. The van der Waals surface area contributed by atoms with Crippen molar-refractivity contribution in [3.8, 4) is 0 Å². The van der Waals surface area contributed by atoms with E-state index in [9.17, 15) is 4.79 Å². The largest absolute Gasteiger partial charge is 0.543 e. The van der Waals surface area contributed by atoms with E-state index in [-0.39, 0.29) is 11.5 Å². The van der Waals surface area contributed by atoms with Gasteiger partial charge in [-0.2, -0.15) is 0 Å². The summed E-state index contributed by atoms with van der Waals surface area (Å²) in [6.45, 7) is 9.26. The zero-order valence-corrected chi connectivity index (χ0v) is 9.83. The lowest BCUT2D eigenvalue weighted by Crippen LogP contribution is -2.29. The van der Waals surface area contributed by atoms with Crippen molar-refractivity contribution in [1.82, 2.24) is 0 Å². The average Bonchev–Trinajstić information content (AvgIpc) is 1.95. The minimum atomic E-state index is -1.86. The van der Waals surface area contributed by atoms with Crippen molar-refractivity contribution in [2.45, 2.75) is 19.6 Å². The number of rotatable bonds is 5. The lowest BCUT2D eigenvalue weighted by atomic mass is 10.3. The third-order valence-corrected chi connectivity index (χ3v) is 1.94. The topological polar surface area (TPSA) is 68.1 Å². The first kappa shape index (κ1) is 12.7. The Bertz CT molecular complexity index is 267. The minimum Gasteiger partial charge on any atom is -0.543 e. The molecule has 0 amide bonds. The van der Waals surface area contributed by atoms with Gasteiger partial charge in [0.25, 0.3) is 0 Å². The quantitative estimate of drug-likeness (QED) is 0.327. The van der Waals surface area contributed by atoms with Crippen molar-refractivity contribution in [2.24, 2.45) is 5.16 Å². The predicted octanol–water partition coefficient (Wildman–Crippen LogP) is 1.44. The van der Waals surface area contributed by atoms with E-state index in [0.717, 1.165) is 0 Å². The van der Waals surface area contributed by atoms with Crippen LogP contribution in [0.1, 0.15) is 0 Å². The highest BCUT2D eigenvalue weighted by molar-refractivity contribution is 6.70. The van der Waals surface area contributed by atoms with Crippen molar-refractivity contribution >= 4 is 20.0 Å². The second kappa shape index (κ2) is 4.80. The highest BCUT2D eigenvalue weighted by Crippen LogP contribution is 2.10. The molecule has 0 unspecified atom stereocenters. The summed E-state index contributed by atoms with van der Waals surface area (Å²) in [5.74, 6) is -1.17. The van der Waals surface area contributed by atoms with E-state index in [1.54, 1.807) is 0 Å². The molecule has 1 N–H and O–H groups in total. The molecule has 0 radical (unpaired) electrons. The van der Waals surface area contributed by atoms with Crippen LogP contribution in [0.15, 0.2) is 17.5 Å². The van der Waals surface area contributed by atoms with Crippen molar-refractivity contribution in [1.29, 1.82) is 0 Å². The summed E-state index contributed by atoms with van der Waals surface area (Å²) in [6.07, 6.45) is 0. The Morgan fingerprint density at radius 1 is 1.43 bits per heavy atom. The van der Waals surface area contributed by atoms with Crippen LogP contribution in [0, 0.1) is 0 Å². The van der Waals surface area contributed by atoms with Gasteiger partial charge >= 0.3 is 5.97 Å². The van der Waals surface area contributed by atoms with E-state index in [2.05, 4.69) is 16.6 Å². The van der Waals surface area contributed by atoms with Gasteiger partial charge in [-0.25, -0.2) is 4.79 Å². The van der Waals surface area contributed by atoms with Gasteiger partial charge in [0.15, 0.2) is 0 Å². The lowest BCUT2D eigenvalue weighted by Gasteiger charge is -2.20. The number of carbonyl (C=O) groups is 1. The first-order valence-corrected chi connectivity index (χ1v) is 7.41. The van der Waals surface area contributed by atoms with Crippen LogP contribution in [0.4, 0.5) is 0 Å². The molecule has 14 heavy (non-hydrogen) atoms. The van der Waals surface area contributed by atoms with Gasteiger partial charge in [-0.3, -0.25) is 0 Å². The summed E-state index contributed by atoms with van der Waals surface area (Å²) in [5.41, 5.74) is -0.296. The molecule has 0 saturated carbocycles.